The first kappa shape index (κ1) is 27.0. The summed E-state index contributed by atoms with van der Waals surface area (Å²) in [6.07, 6.45) is -0.360. The van der Waals surface area contributed by atoms with Crippen LogP contribution in [0.5, 0.6) is 0 Å². The number of nitrogens with one attached hydrogen (secondary N) is 1. The molecule has 1 aliphatic heterocycles. The second-order valence-corrected chi connectivity index (χ2v) is 6.57. The van der Waals surface area contributed by atoms with Crippen molar-refractivity contribution in [2.24, 2.45) is 17.1 Å². The lowest BCUT2D eigenvalue weighted by Gasteiger charge is -2.33. The van der Waals surface area contributed by atoms with Gasteiger partial charge in [0.1, 0.15) is 0 Å². The zero-order valence-corrected chi connectivity index (χ0v) is 16.7. The van der Waals surface area contributed by atoms with Crippen LogP contribution in [-0.2, 0) is 4.79 Å². The summed E-state index contributed by atoms with van der Waals surface area (Å²) in [5.74, 6) is 0.384. The van der Waals surface area contributed by atoms with Crippen molar-refractivity contribution in [3.05, 3.63) is 0 Å². The molecule has 9 heteroatoms. The first-order valence-corrected chi connectivity index (χ1v) is 8.53. The molecule has 0 aliphatic carbocycles. The summed E-state index contributed by atoms with van der Waals surface area (Å²) in [6.45, 7) is 4.98. The molecule has 0 aromatic heterocycles. The lowest BCUT2D eigenvalue weighted by Crippen LogP contribution is -2.46. The number of alkyl halides is 3. The summed E-state index contributed by atoms with van der Waals surface area (Å²) < 4.78 is 37.0. The van der Waals surface area contributed by atoms with Gasteiger partial charge < -0.3 is 11.1 Å². The van der Waals surface area contributed by atoms with Gasteiger partial charge in [-0.1, -0.05) is 13.8 Å². The number of carbonyl (C=O) groups excluding carboxylic acids is 1. The van der Waals surface area contributed by atoms with E-state index >= 15 is 0 Å². The topological polar surface area (TPSA) is 58.4 Å². The normalized spacial score (nSPS) is 16.7. The summed E-state index contributed by atoms with van der Waals surface area (Å²) in [4.78, 5) is 13.7. The van der Waals surface area contributed by atoms with E-state index in [-0.39, 0.29) is 30.7 Å². The molecule has 0 bridgehead atoms. The number of rotatable bonds is 8. The van der Waals surface area contributed by atoms with Gasteiger partial charge in [-0.25, -0.2) is 0 Å². The standard InChI is InChI=1S/C16H30F3N3O.2ClH/c1-3-15(4-2,11-20)14(23)21-8-5-13-6-9-22(10-7-13)12-16(17,18)19;;/h13H,3-12,20H2,1-2H3,(H,21,23);2*1H. The van der Waals surface area contributed by atoms with Gasteiger partial charge in [0, 0.05) is 13.1 Å². The molecule has 0 atom stereocenters. The van der Waals surface area contributed by atoms with E-state index in [4.69, 9.17) is 5.73 Å². The molecule has 1 amide bonds. The molecule has 0 spiro atoms. The van der Waals surface area contributed by atoms with E-state index in [1.807, 2.05) is 13.8 Å². The van der Waals surface area contributed by atoms with Crippen molar-refractivity contribution in [1.29, 1.82) is 0 Å². The molecule has 3 N–H and O–H groups in total. The number of carbonyl (C=O) groups is 1. The van der Waals surface area contributed by atoms with Crippen LogP contribution in [0.1, 0.15) is 46.0 Å². The first-order chi connectivity index (χ1) is 10.8. The van der Waals surface area contributed by atoms with E-state index in [2.05, 4.69) is 5.32 Å². The number of hydrogen-bond acceptors (Lipinski definition) is 3. The zero-order valence-electron chi connectivity index (χ0n) is 15.0. The Morgan fingerprint density at radius 2 is 1.68 bits per heavy atom. The number of halogens is 5. The molecular weight excluding hydrogens is 378 g/mol. The number of likely N-dealkylation sites (tertiary alicyclic amines) is 1. The molecule has 152 valence electrons. The third kappa shape index (κ3) is 8.80. The Kier molecular flexibility index (Phi) is 13.2. The van der Waals surface area contributed by atoms with E-state index in [1.54, 1.807) is 0 Å². The third-order valence-corrected chi connectivity index (χ3v) is 5.17. The minimum Gasteiger partial charge on any atom is -0.356 e. The maximum atomic E-state index is 12.3. The van der Waals surface area contributed by atoms with Crippen LogP contribution in [0.25, 0.3) is 0 Å². The van der Waals surface area contributed by atoms with Crippen molar-refractivity contribution in [2.45, 2.75) is 52.1 Å². The van der Waals surface area contributed by atoms with E-state index in [9.17, 15) is 18.0 Å². The average Bonchev–Trinajstić information content (AvgIpc) is 2.50. The van der Waals surface area contributed by atoms with Gasteiger partial charge in [-0.05, 0) is 51.1 Å². The largest absolute Gasteiger partial charge is 0.401 e. The van der Waals surface area contributed by atoms with Gasteiger partial charge in [-0.2, -0.15) is 13.2 Å². The highest BCUT2D eigenvalue weighted by Crippen LogP contribution is 2.26. The molecule has 0 radical (unpaired) electrons. The first-order valence-electron chi connectivity index (χ1n) is 8.53. The van der Waals surface area contributed by atoms with E-state index in [0.29, 0.717) is 44.9 Å². The summed E-state index contributed by atoms with van der Waals surface area (Å²) in [7, 11) is 0. The second-order valence-electron chi connectivity index (χ2n) is 6.57. The number of nitrogens with zero attached hydrogens (tertiary/aromatic N) is 1. The van der Waals surface area contributed by atoms with Crippen LogP contribution in [0.4, 0.5) is 13.2 Å². The summed E-state index contributed by atoms with van der Waals surface area (Å²) in [5.41, 5.74) is 5.26. The lowest BCUT2D eigenvalue weighted by molar-refractivity contribution is -0.148. The fraction of sp³-hybridized carbons (Fsp3) is 0.938. The van der Waals surface area contributed by atoms with Crippen molar-refractivity contribution < 1.29 is 18.0 Å². The fourth-order valence-corrected chi connectivity index (χ4v) is 3.22. The van der Waals surface area contributed by atoms with E-state index in [1.165, 1.54) is 4.90 Å². The number of hydrogen-bond donors (Lipinski definition) is 2. The Balaban J connectivity index is 0. The van der Waals surface area contributed by atoms with Crippen molar-refractivity contribution in [3.63, 3.8) is 0 Å². The molecular formula is C16H32Cl2F3N3O. The summed E-state index contributed by atoms with van der Waals surface area (Å²) in [6, 6.07) is 0. The lowest BCUT2D eigenvalue weighted by atomic mass is 9.81. The molecule has 0 saturated carbocycles. The van der Waals surface area contributed by atoms with Crippen molar-refractivity contribution >= 4 is 30.7 Å². The molecule has 1 heterocycles. The van der Waals surface area contributed by atoms with Crippen LogP contribution in [-0.4, -0.2) is 49.7 Å². The van der Waals surface area contributed by atoms with Crippen LogP contribution in [0.2, 0.25) is 0 Å². The third-order valence-electron chi connectivity index (χ3n) is 5.17. The monoisotopic (exact) mass is 409 g/mol. The smallest absolute Gasteiger partial charge is 0.356 e. The van der Waals surface area contributed by atoms with Crippen molar-refractivity contribution in [3.8, 4) is 0 Å². The van der Waals surface area contributed by atoms with Gasteiger partial charge in [0.15, 0.2) is 0 Å². The summed E-state index contributed by atoms with van der Waals surface area (Å²) in [5, 5.41) is 2.96. The van der Waals surface area contributed by atoms with E-state index < -0.39 is 18.1 Å². The number of amides is 1. The van der Waals surface area contributed by atoms with Gasteiger partial charge in [0.05, 0.1) is 12.0 Å². The van der Waals surface area contributed by atoms with Gasteiger partial charge in [-0.3, -0.25) is 9.69 Å². The minimum atomic E-state index is -4.12. The Morgan fingerprint density at radius 1 is 1.16 bits per heavy atom. The molecule has 0 aromatic rings. The highest BCUT2D eigenvalue weighted by molar-refractivity contribution is 5.85. The fourth-order valence-electron chi connectivity index (χ4n) is 3.22. The van der Waals surface area contributed by atoms with Crippen LogP contribution in [0.15, 0.2) is 0 Å². The van der Waals surface area contributed by atoms with Gasteiger partial charge in [0.2, 0.25) is 5.91 Å². The maximum Gasteiger partial charge on any atom is 0.401 e. The van der Waals surface area contributed by atoms with Crippen LogP contribution >= 0.6 is 24.8 Å². The second kappa shape index (κ2) is 12.2. The minimum absolute atomic E-state index is 0. The van der Waals surface area contributed by atoms with E-state index in [0.717, 1.165) is 19.3 Å². The zero-order chi connectivity index (χ0) is 17.5. The highest BCUT2D eigenvalue weighted by atomic mass is 35.5. The molecule has 1 aliphatic rings. The molecule has 1 rings (SSSR count). The molecule has 1 fully saturated rings. The summed E-state index contributed by atoms with van der Waals surface area (Å²) >= 11 is 0. The number of piperidine rings is 1. The molecule has 1 saturated heterocycles. The van der Waals surface area contributed by atoms with Gasteiger partial charge in [0.25, 0.3) is 0 Å². The molecule has 25 heavy (non-hydrogen) atoms. The van der Waals surface area contributed by atoms with Crippen LogP contribution in [0.3, 0.4) is 0 Å². The predicted molar refractivity (Wildman–Crippen MR) is 99.4 cm³/mol. The van der Waals surface area contributed by atoms with Crippen LogP contribution < -0.4 is 11.1 Å². The highest BCUT2D eigenvalue weighted by Gasteiger charge is 2.34. The Hall–Kier alpha value is -0.240. The molecule has 0 unspecified atom stereocenters. The molecule has 4 nitrogen and oxygen atoms in total. The van der Waals surface area contributed by atoms with Crippen molar-refractivity contribution in [1.82, 2.24) is 10.2 Å². The van der Waals surface area contributed by atoms with Gasteiger partial charge >= 0.3 is 6.18 Å². The van der Waals surface area contributed by atoms with Crippen LogP contribution in [0, 0.1) is 11.3 Å². The quantitative estimate of drug-likeness (QED) is 0.645. The Morgan fingerprint density at radius 3 is 2.08 bits per heavy atom. The Bertz CT molecular complexity index is 364. The molecule has 0 aromatic carbocycles. The van der Waals surface area contributed by atoms with Gasteiger partial charge in [-0.15, -0.1) is 24.8 Å². The maximum absolute atomic E-state index is 12.3. The SMILES string of the molecule is CCC(CC)(CN)C(=O)NCCC1CCN(CC(F)(F)F)CC1.Cl.Cl. The average molecular weight is 410 g/mol. The Labute approximate surface area is 161 Å². The number of nitrogens with two attached hydrogens (primary N) is 1. The predicted octanol–water partition coefficient (Wildman–Crippen LogP) is 3.38. The van der Waals surface area contributed by atoms with Crippen molar-refractivity contribution in [2.75, 3.05) is 32.7 Å².